The number of rotatable bonds is 0. The molecular weight excluding hydrogens is 176 g/mol. The zero-order chi connectivity index (χ0) is 6.97. The van der Waals surface area contributed by atoms with Crippen LogP contribution < -0.4 is 4.72 Å². The molecule has 1 N–H and O–H groups in total. The Morgan fingerprint density at radius 3 is 2.90 bits per heavy atom. The number of fused-ring (bicyclic) bond motifs is 1. The van der Waals surface area contributed by atoms with Gasteiger partial charge in [0.25, 0.3) is 0 Å². The summed E-state index contributed by atoms with van der Waals surface area (Å²) in [5.41, 5.74) is 1.93. The molecule has 0 atom stereocenters. The average Bonchev–Trinajstić information content (AvgIpc) is 2.27. The fraction of sp³-hybridized carbons (Fsp3) is 0. The van der Waals surface area contributed by atoms with Gasteiger partial charge in [-0.15, -0.1) is 0 Å². The van der Waals surface area contributed by atoms with Crippen LogP contribution in [0.15, 0.2) is 24.3 Å². The Hall–Kier alpha value is -0.791. The molecule has 3 heteroatoms. The van der Waals surface area contributed by atoms with Gasteiger partial charge in [-0.3, -0.25) is 0 Å². The Balaban J connectivity index is 2.88. The summed E-state index contributed by atoms with van der Waals surface area (Å²) in [6.45, 7) is 0. The van der Waals surface area contributed by atoms with E-state index in [0.717, 1.165) is 11.0 Å². The second-order valence-corrected chi connectivity index (χ2v) is 2.45. The number of nitrogens with one attached hydrogen (secondary N) is 1. The topological polar surface area (TPSA) is 28.7 Å². The number of hydrogen-bond donors (Lipinski definition) is 1. The van der Waals surface area contributed by atoms with E-state index in [1.165, 1.54) is 0 Å². The Bertz CT molecular complexity index is 320. The van der Waals surface area contributed by atoms with Crippen molar-refractivity contribution in [3.05, 3.63) is 24.3 Å². The van der Waals surface area contributed by atoms with Crippen molar-refractivity contribution < 1.29 is 16.0 Å². The first-order valence-electron chi connectivity index (χ1n) is 2.93. The summed E-state index contributed by atoms with van der Waals surface area (Å²) in [4.78, 5) is 7.02. The van der Waals surface area contributed by atoms with Gasteiger partial charge in [-0.2, -0.15) is 0 Å². The monoisotopic (exact) mass is 180 g/mol. The van der Waals surface area contributed by atoms with Gasteiger partial charge in [0.15, 0.2) is 0 Å². The van der Waals surface area contributed by atoms with Crippen molar-refractivity contribution in [2.45, 2.75) is 0 Å². The van der Waals surface area contributed by atoms with Gasteiger partial charge in [0, 0.05) is 0 Å². The van der Waals surface area contributed by atoms with Crippen LogP contribution in [0.2, 0.25) is 0 Å². The van der Waals surface area contributed by atoms with Crippen molar-refractivity contribution in [3.8, 4) is 0 Å². The average molecular weight is 181 g/mol. The standard InChI is InChI=1S/C7H5N2.Cu/c1-2-4-7-6(3-1)8-5-9-7;/h1-4H,(H,8,9);. The van der Waals surface area contributed by atoms with E-state index >= 15 is 0 Å². The molecule has 0 radical (unpaired) electrons. The predicted molar refractivity (Wildman–Crippen MR) is 35.7 cm³/mol. The number of aromatic nitrogens is 2. The van der Waals surface area contributed by atoms with Gasteiger partial charge >= 0.3 is 66.0 Å². The Labute approximate surface area is 66.5 Å². The molecule has 0 fully saturated rings. The molecule has 0 spiro atoms. The molecule has 0 saturated carbocycles. The van der Waals surface area contributed by atoms with Crippen LogP contribution in [0.4, 0.5) is 0 Å². The third-order valence-corrected chi connectivity index (χ3v) is 1.57. The normalized spacial score (nSPS) is 10.6. The molecular formula is C7H5CuN2. The molecule has 2 nitrogen and oxygen atoms in total. The fourth-order valence-electron chi connectivity index (χ4n) is 0.902. The summed E-state index contributed by atoms with van der Waals surface area (Å²) in [7, 11) is 0. The Kier molecular flexibility index (Phi) is 1.26. The van der Waals surface area contributed by atoms with Gasteiger partial charge in [0.1, 0.15) is 0 Å². The van der Waals surface area contributed by atoms with E-state index in [9.17, 15) is 0 Å². The van der Waals surface area contributed by atoms with Gasteiger partial charge < -0.3 is 0 Å². The number of aromatic amines is 1. The zero-order valence-corrected chi connectivity index (χ0v) is 6.00. The molecule has 0 saturated heterocycles. The zero-order valence-electron chi connectivity index (χ0n) is 5.06. The van der Waals surface area contributed by atoms with E-state index in [2.05, 4.69) is 9.97 Å². The molecule has 0 bridgehead atoms. The van der Waals surface area contributed by atoms with Gasteiger partial charge in [0.2, 0.25) is 0 Å². The van der Waals surface area contributed by atoms with Crippen LogP contribution in [0.1, 0.15) is 0 Å². The molecule has 10 heavy (non-hydrogen) atoms. The molecule has 54 valence electrons. The van der Waals surface area contributed by atoms with Crippen molar-refractivity contribution in [2.75, 3.05) is 0 Å². The molecule has 1 aromatic carbocycles. The molecule has 0 aliphatic carbocycles. The second kappa shape index (κ2) is 2.11. The summed E-state index contributed by atoms with van der Waals surface area (Å²) in [6.07, 6.45) is 0. The molecule has 1 heterocycles. The van der Waals surface area contributed by atoms with Crippen LogP contribution in [0.5, 0.6) is 0 Å². The number of para-hydroxylation sites is 2. The van der Waals surface area contributed by atoms with Crippen molar-refractivity contribution in [1.82, 2.24) is 9.97 Å². The summed E-state index contributed by atoms with van der Waals surface area (Å²) in [6, 6.07) is 7.77. The molecule has 0 aliphatic heterocycles. The minimum atomic E-state index is 0.536. The molecule has 0 aliphatic rings. The molecule has 2 rings (SSSR count). The van der Waals surface area contributed by atoms with Crippen molar-refractivity contribution in [2.24, 2.45) is 0 Å². The van der Waals surface area contributed by atoms with E-state index in [1.807, 2.05) is 24.3 Å². The van der Waals surface area contributed by atoms with E-state index in [-0.39, 0.29) is 0 Å². The van der Waals surface area contributed by atoms with Crippen LogP contribution in [0.25, 0.3) is 11.0 Å². The van der Waals surface area contributed by atoms with E-state index < -0.39 is 0 Å². The maximum absolute atomic E-state index is 4.99. The quantitative estimate of drug-likeness (QED) is 0.596. The van der Waals surface area contributed by atoms with Crippen molar-refractivity contribution in [1.29, 1.82) is 0 Å². The number of nitrogens with zero attached hydrogens (tertiary/aromatic N) is 1. The van der Waals surface area contributed by atoms with Crippen LogP contribution >= 0.6 is 0 Å². The van der Waals surface area contributed by atoms with Gasteiger partial charge in [-0.25, -0.2) is 0 Å². The van der Waals surface area contributed by atoms with Gasteiger partial charge in [-0.05, 0) is 0 Å². The minimum absolute atomic E-state index is 0.536. The van der Waals surface area contributed by atoms with E-state index in [4.69, 9.17) is 16.0 Å². The third-order valence-electron chi connectivity index (χ3n) is 1.34. The second-order valence-electron chi connectivity index (χ2n) is 2.01. The first-order valence-corrected chi connectivity index (χ1v) is 3.40. The van der Waals surface area contributed by atoms with Crippen molar-refractivity contribution >= 4 is 15.8 Å². The van der Waals surface area contributed by atoms with E-state index in [1.54, 1.807) is 0 Å². The molecule has 2 aromatic rings. The SMILES string of the molecule is [Cu][c]1nc2ccccc2[nH]1. The van der Waals surface area contributed by atoms with Gasteiger partial charge in [0.05, 0.1) is 0 Å². The predicted octanol–water partition coefficient (Wildman–Crippen LogP) is 0.735. The van der Waals surface area contributed by atoms with E-state index in [0.29, 0.717) is 4.72 Å². The van der Waals surface area contributed by atoms with Crippen LogP contribution in [0, 0.1) is 0 Å². The molecule has 1 aromatic heterocycles. The molecule has 0 unspecified atom stereocenters. The first-order chi connectivity index (χ1) is 4.86. The number of hydrogen-bond acceptors (Lipinski definition) is 1. The fourth-order valence-corrected chi connectivity index (χ4v) is 1.14. The maximum atomic E-state index is 4.99. The van der Waals surface area contributed by atoms with Crippen molar-refractivity contribution in [3.63, 3.8) is 0 Å². The Morgan fingerprint density at radius 1 is 1.30 bits per heavy atom. The summed E-state index contributed by atoms with van der Waals surface area (Å²) in [5.74, 6) is 0. The summed E-state index contributed by atoms with van der Waals surface area (Å²) < 4.78 is 0.536. The van der Waals surface area contributed by atoms with Crippen LogP contribution in [0.3, 0.4) is 0 Å². The summed E-state index contributed by atoms with van der Waals surface area (Å²) in [5, 5.41) is 0. The van der Waals surface area contributed by atoms with Crippen LogP contribution in [-0.4, -0.2) is 9.97 Å². The van der Waals surface area contributed by atoms with Crippen LogP contribution in [-0.2, 0) is 16.0 Å². The molecule has 0 amide bonds. The van der Waals surface area contributed by atoms with Gasteiger partial charge in [-0.1, -0.05) is 0 Å². The third kappa shape index (κ3) is 0.838. The number of imidazole rings is 1. The summed E-state index contributed by atoms with van der Waals surface area (Å²) >= 11 is 4.99. The Morgan fingerprint density at radius 2 is 2.10 bits per heavy atom. The first kappa shape index (κ1) is 5.95. The number of benzene rings is 1. The number of H-pyrrole nitrogens is 1.